The summed E-state index contributed by atoms with van der Waals surface area (Å²) in [5, 5.41) is 2.62. The van der Waals surface area contributed by atoms with Crippen molar-refractivity contribution in [3.63, 3.8) is 0 Å². The molecule has 9 rings (SSSR count). The van der Waals surface area contributed by atoms with E-state index in [1.165, 1.54) is 0 Å². The Balaban J connectivity index is 1.09. The molecule has 7 heterocycles. The SMILES string of the molecule is CC(C)[C@H]1C(=O)O[C@@H]1C(=O)N1C2CC[C@H]1CN(c1nc(OCC34CCCN3CCC4)nc3c(F)c(-c4cccc5cccc(Cl)c45)ncc13)C2. The van der Waals surface area contributed by atoms with Gasteiger partial charge >= 0.3 is 12.0 Å². The van der Waals surface area contributed by atoms with Gasteiger partial charge in [-0.2, -0.15) is 9.97 Å². The Labute approximate surface area is 294 Å². The summed E-state index contributed by atoms with van der Waals surface area (Å²) in [6, 6.07) is 11.2. The van der Waals surface area contributed by atoms with E-state index in [2.05, 4.69) is 14.8 Å². The second-order valence-corrected chi connectivity index (χ2v) is 15.4. The highest BCUT2D eigenvalue weighted by molar-refractivity contribution is 6.36. The minimum atomic E-state index is -0.735. The van der Waals surface area contributed by atoms with Gasteiger partial charge in [-0.1, -0.05) is 55.8 Å². The zero-order valence-corrected chi connectivity index (χ0v) is 29.0. The molecule has 2 aromatic heterocycles. The summed E-state index contributed by atoms with van der Waals surface area (Å²) < 4.78 is 28.8. The van der Waals surface area contributed by atoms with Crippen molar-refractivity contribution in [2.75, 3.05) is 37.7 Å². The normalized spacial score (nSPS) is 25.7. The topological polar surface area (TPSA) is 101 Å². The van der Waals surface area contributed by atoms with E-state index in [0.29, 0.717) is 41.5 Å². The van der Waals surface area contributed by atoms with Crippen LogP contribution in [0.15, 0.2) is 42.6 Å². The molecule has 0 saturated carbocycles. The fourth-order valence-corrected chi connectivity index (χ4v) is 9.69. The van der Waals surface area contributed by atoms with E-state index in [1.807, 2.05) is 49.1 Å². The predicted octanol–water partition coefficient (Wildman–Crippen LogP) is 6.02. The number of carbonyl (C=O) groups excluding carboxylic acids is 2. The molecule has 5 fully saturated rings. The van der Waals surface area contributed by atoms with Gasteiger partial charge in [0, 0.05) is 47.3 Å². The standard InChI is InChI=1S/C38H40ClFN6O4/c1-21(2)28-33(50-36(28)48)35(47)46-23-11-12-24(46)19-44(18-23)34-26-17-41-31(25-9-3-7-22-8-4-10-27(39)29(22)25)30(40)32(26)42-37(43-34)49-20-38-13-5-15-45(38)16-6-14-38/h3-4,7-10,17,21,23-24,28,33H,5-6,11-16,18-20H2,1-2H3/t23-,24?,28+,33-/m0/s1. The molecule has 5 aliphatic heterocycles. The molecule has 260 valence electrons. The van der Waals surface area contributed by atoms with Gasteiger partial charge in [0.25, 0.3) is 5.91 Å². The molecule has 1 amide bonds. The lowest BCUT2D eigenvalue weighted by molar-refractivity contribution is -0.197. The van der Waals surface area contributed by atoms with Gasteiger partial charge in [-0.3, -0.25) is 19.5 Å². The van der Waals surface area contributed by atoms with Crippen molar-refractivity contribution in [1.29, 1.82) is 0 Å². The number of piperazine rings is 1. The Morgan fingerprint density at radius 1 is 1.08 bits per heavy atom. The van der Waals surface area contributed by atoms with Crippen molar-refractivity contribution in [1.82, 2.24) is 24.8 Å². The Kier molecular flexibility index (Phi) is 7.65. The van der Waals surface area contributed by atoms with Gasteiger partial charge in [-0.05, 0) is 69.0 Å². The second kappa shape index (κ2) is 12.0. The second-order valence-electron chi connectivity index (χ2n) is 15.0. The Bertz CT molecular complexity index is 2010. The van der Waals surface area contributed by atoms with E-state index in [0.717, 1.165) is 62.4 Å². The molecule has 0 N–H and O–H groups in total. The van der Waals surface area contributed by atoms with Crippen LogP contribution in [0.1, 0.15) is 52.4 Å². The van der Waals surface area contributed by atoms with Crippen LogP contribution in [-0.2, 0) is 14.3 Å². The van der Waals surface area contributed by atoms with E-state index in [9.17, 15) is 9.59 Å². The van der Waals surface area contributed by atoms with Gasteiger partial charge in [-0.15, -0.1) is 0 Å². The zero-order chi connectivity index (χ0) is 34.3. The van der Waals surface area contributed by atoms with Crippen LogP contribution in [0.5, 0.6) is 6.01 Å². The molecule has 5 aliphatic rings. The molecule has 12 heteroatoms. The summed E-state index contributed by atoms with van der Waals surface area (Å²) >= 11 is 6.65. The van der Waals surface area contributed by atoms with E-state index in [1.54, 1.807) is 12.3 Å². The molecule has 1 unspecified atom stereocenters. The van der Waals surface area contributed by atoms with Gasteiger partial charge in [-0.25, -0.2) is 4.39 Å². The maximum Gasteiger partial charge on any atom is 0.319 e. The Hall–Kier alpha value is -4.09. The molecular formula is C38H40ClFN6O4. The molecule has 2 bridgehead atoms. The number of nitrogens with zero attached hydrogens (tertiary/aromatic N) is 6. The van der Waals surface area contributed by atoms with Crippen molar-refractivity contribution in [3.05, 3.63) is 53.4 Å². The number of halogens is 2. The third-order valence-corrected chi connectivity index (χ3v) is 12.2. The number of ether oxygens (including phenoxy) is 2. The highest BCUT2D eigenvalue weighted by Crippen LogP contribution is 2.42. The fraction of sp³-hybridized carbons (Fsp3) is 0.500. The minimum absolute atomic E-state index is 0.0206. The number of cyclic esters (lactones) is 1. The molecular weight excluding hydrogens is 659 g/mol. The molecule has 0 radical (unpaired) electrons. The highest BCUT2D eigenvalue weighted by atomic mass is 35.5. The van der Waals surface area contributed by atoms with E-state index in [-0.39, 0.29) is 52.6 Å². The summed E-state index contributed by atoms with van der Waals surface area (Å²) in [4.78, 5) is 46.9. The van der Waals surface area contributed by atoms with Crippen molar-refractivity contribution in [2.24, 2.45) is 11.8 Å². The van der Waals surface area contributed by atoms with Crippen molar-refractivity contribution in [2.45, 2.75) is 76.1 Å². The smallest absolute Gasteiger partial charge is 0.319 e. The van der Waals surface area contributed by atoms with Gasteiger partial charge in [0.2, 0.25) is 0 Å². The summed E-state index contributed by atoms with van der Waals surface area (Å²) in [5.41, 5.74) is 0.846. The van der Waals surface area contributed by atoms with Crippen LogP contribution in [0.3, 0.4) is 0 Å². The van der Waals surface area contributed by atoms with Gasteiger partial charge < -0.3 is 19.3 Å². The van der Waals surface area contributed by atoms with Crippen LogP contribution in [0.4, 0.5) is 10.2 Å². The molecule has 5 saturated heterocycles. The van der Waals surface area contributed by atoms with Gasteiger partial charge in [0.05, 0.1) is 10.9 Å². The van der Waals surface area contributed by atoms with Crippen molar-refractivity contribution >= 4 is 51.0 Å². The van der Waals surface area contributed by atoms with Crippen LogP contribution in [0.25, 0.3) is 32.9 Å². The Morgan fingerprint density at radius 3 is 2.50 bits per heavy atom. The van der Waals surface area contributed by atoms with E-state index < -0.39 is 17.8 Å². The first-order chi connectivity index (χ1) is 24.2. The lowest BCUT2D eigenvalue weighted by atomic mass is 9.85. The summed E-state index contributed by atoms with van der Waals surface area (Å²) in [6.45, 7) is 7.47. The number of aromatic nitrogens is 3. The number of fused-ring (bicyclic) bond motifs is 5. The first-order valence-electron chi connectivity index (χ1n) is 17.9. The van der Waals surface area contributed by atoms with Crippen LogP contribution in [-0.4, -0.2) is 93.1 Å². The quantitative estimate of drug-likeness (QED) is 0.215. The third kappa shape index (κ3) is 4.94. The zero-order valence-electron chi connectivity index (χ0n) is 28.3. The highest BCUT2D eigenvalue weighted by Gasteiger charge is 2.54. The average molecular weight is 699 g/mol. The number of hydrogen-bond acceptors (Lipinski definition) is 9. The van der Waals surface area contributed by atoms with Crippen LogP contribution < -0.4 is 9.64 Å². The molecule has 4 aromatic rings. The molecule has 0 spiro atoms. The maximum absolute atomic E-state index is 16.9. The van der Waals surface area contributed by atoms with Crippen LogP contribution in [0.2, 0.25) is 5.02 Å². The summed E-state index contributed by atoms with van der Waals surface area (Å²) in [6.07, 6.45) is 6.95. The van der Waals surface area contributed by atoms with Crippen LogP contribution >= 0.6 is 11.6 Å². The number of anilines is 1. The largest absolute Gasteiger partial charge is 0.461 e. The number of pyridine rings is 1. The van der Waals surface area contributed by atoms with Gasteiger partial charge in [0.1, 0.15) is 29.6 Å². The maximum atomic E-state index is 16.9. The molecule has 0 aliphatic carbocycles. The number of carbonyl (C=O) groups is 2. The molecule has 2 aromatic carbocycles. The lowest BCUT2D eigenvalue weighted by Crippen LogP contribution is -2.63. The molecule has 10 nitrogen and oxygen atoms in total. The average Bonchev–Trinajstić information content (AvgIpc) is 3.76. The lowest BCUT2D eigenvalue weighted by Gasteiger charge is -2.45. The monoisotopic (exact) mass is 698 g/mol. The summed E-state index contributed by atoms with van der Waals surface area (Å²) in [7, 11) is 0. The number of benzene rings is 2. The van der Waals surface area contributed by atoms with E-state index in [4.69, 9.17) is 31.0 Å². The molecule has 50 heavy (non-hydrogen) atoms. The number of rotatable bonds is 7. The number of amides is 1. The number of hydrogen-bond donors (Lipinski definition) is 0. The summed E-state index contributed by atoms with van der Waals surface area (Å²) in [5.74, 6) is -0.831. The van der Waals surface area contributed by atoms with Crippen LogP contribution in [0, 0.1) is 17.7 Å². The predicted molar refractivity (Wildman–Crippen MR) is 188 cm³/mol. The first kappa shape index (κ1) is 31.9. The number of esters is 1. The van der Waals surface area contributed by atoms with Crippen molar-refractivity contribution in [3.8, 4) is 17.3 Å². The fourth-order valence-electron chi connectivity index (χ4n) is 9.40. The van der Waals surface area contributed by atoms with Crippen molar-refractivity contribution < 1.29 is 23.5 Å². The Morgan fingerprint density at radius 2 is 1.80 bits per heavy atom. The molecule has 4 atom stereocenters. The minimum Gasteiger partial charge on any atom is -0.461 e. The first-order valence-corrected chi connectivity index (χ1v) is 18.3. The third-order valence-electron chi connectivity index (χ3n) is 11.9. The van der Waals surface area contributed by atoms with Gasteiger partial charge in [0.15, 0.2) is 11.9 Å². The van der Waals surface area contributed by atoms with E-state index >= 15 is 4.39 Å².